The summed E-state index contributed by atoms with van der Waals surface area (Å²) in [7, 11) is 4.05. The molecule has 1 aromatic carbocycles. The molecule has 0 saturated heterocycles. The fourth-order valence-electron chi connectivity index (χ4n) is 2.00. The monoisotopic (exact) mass is 236 g/mol. The van der Waals surface area contributed by atoms with Gasteiger partial charge in [0, 0.05) is 6.54 Å². The highest BCUT2D eigenvalue weighted by Gasteiger charge is 2.12. The summed E-state index contributed by atoms with van der Waals surface area (Å²) in [5.74, 6) is 0.996. The smallest absolute Gasteiger partial charge is 0.125 e. The van der Waals surface area contributed by atoms with Crippen molar-refractivity contribution in [3.8, 4) is 5.75 Å². The number of aryl methyl sites for hydroxylation is 3. The lowest BCUT2D eigenvalue weighted by Crippen LogP contribution is -2.40. The van der Waals surface area contributed by atoms with Gasteiger partial charge in [0.1, 0.15) is 12.4 Å². The van der Waals surface area contributed by atoms with Gasteiger partial charge < -0.3 is 15.4 Å². The summed E-state index contributed by atoms with van der Waals surface area (Å²) in [6.07, 6.45) is 0. The third-order valence-electron chi connectivity index (χ3n) is 3.03. The van der Waals surface area contributed by atoms with Crippen molar-refractivity contribution in [2.75, 3.05) is 27.2 Å². The molecule has 1 unspecified atom stereocenters. The minimum atomic E-state index is 0.259. The quantitative estimate of drug-likeness (QED) is 0.848. The fraction of sp³-hybridized carbons (Fsp3) is 0.571. The molecule has 0 aliphatic carbocycles. The Kier molecular flexibility index (Phi) is 4.97. The molecule has 0 fully saturated rings. The molecule has 1 rings (SSSR count). The number of likely N-dealkylation sites (N-methyl/N-ethyl adjacent to an activating group) is 1. The van der Waals surface area contributed by atoms with Gasteiger partial charge in [0.15, 0.2) is 0 Å². The molecule has 0 heterocycles. The SMILES string of the molecule is Cc1cc(C)c(OCC(CN)N(C)C)c(C)c1. The zero-order valence-electron chi connectivity index (χ0n) is 11.6. The molecule has 0 radical (unpaired) electrons. The van der Waals surface area contributed by atoms with E-state index in [0.29, 0.717) is 13.2 Å². The van der Waals surface area contributed by atoms with Crippen molar-refractivity contribution in [1.82, 2.24) is 4.90 Å². The first-order chi connectivity index (χ1) is 7.95. The standard InChI is InChI=1S/C14H24N2O/c1-10-6-11(2)14(12(3)7-10)17-9-13(8-15)16(4)5/h6-7,13H,8-9,15H2,1-5H3. The molecule has 0 amide bonds. The molecule has 0 spiro atoms. The molecule has 0 aliphatic heterocycles. The third-order valence-corrected chi connectivity index (χ3v) is 3.03. The van der Waals surface area contributed by atoms with Gasteiger partial charge in [0.05, 0.1) is 6.04 Å². The molecular weight excluding hydrogens is 212 g/mol. The van der Waals surface area contributed by atoms with Gasteiger partial charge in [-0.2, -0.15) is 0 Å². The van der Waals surface area contributed by atoms with E-state index in [2.05, 4.69) is 37.8 Å². The average molecular weight is 236 g/mol. The lowest BCUT2D eigenvalue weighted by molar-refractivity contribution is 0.188. The van der Waals surface area contributed by atoms with Gasteiger partial charge in [0.25, 0.3) is 0 Å². The summed E-state index contributed by atoms with van der Waals surface area (Å²) >= 11 is 0. The van der Waals surface area contributed by atoms with Crippen molar-refractivity contribution >= 4 is 0 Å². The van der Waals surface area contributed by atoms with Crippen LogP contribution in [-0.2, 0) is 0 Å². The second-order valence-corrected chi connectivity index (χ2v) is 4.89. The second kappa shape index (κ2) is 6.03. The van der Waals surface area contributed by atoms with Crippen molar-refractivity contribution in [1.29, 1.82) is 0 Å². The van der Waals surface area contributed by atoms with Crippen LogP contribution >= 0.6 is 0 Å². The van der Waals surface area contributed by atoms with Crippen molar-refractivity contribution in [3.05, 3.63) is 28.8 Å². The predicted octanol–water partition coefficient (Wildman–Crippen LogP) is 1.88. The maximum Gasteiger partial charge on any atom is 0.125 e. The molecule has 96 valence electrons. The Labute approximate surface area is 105 Å². The molecule has 2 N–H and O–H groups in total. The van der Waals surface area contributed by atoms with Gasteiger partial charge in [-0.05, 0) is 46.0 Å². The molecule has 3 heteroatoms. The van der Waals surface area contributed by atoms with Crippen LogP contribution in [0.2, 0.25) is 0 Å². The van der Waals surface area contributed by atoms with E-state index in [1.54, 1.807) is 0 Å². The van der Waals surface area contributed by atoms with E-state index in [-0.39, 0.29) is 6.04 Å². The lowest BCUT2D eigenvalue weighted by atomic mass is 10.1. The summed E-state index contributed by atoms with van der Waals surface area (Å²) < 4.78 is 5.92. The third kappa shape index (κ3) is 3.72. The molecule has 1 atom stereocenters. The van der Waals surface area contributed by atoms with E-state index in [9.17, 15) is 0 Å². The Hall–Kier alpha value is -1.06. The highest BCUT2D eigenvalue weighted by Crippen LogP contribution is 2.24. The number of benzene rings is 1. The Morgan fingerprint density at radius 2 is 1.71 bits per heavy atom. The minimum Gasteiger partial charge on any atom is -0.491 e. The average Bonchev–Trinajstić information content (AvgIpc) is 2.21. The number of hydrogen-bond donors (Lipinski definition) is 1. The van der Waals surface area contributed by atoms with Gasteiger partial charge in [-0.15, -0.1) is 0 Å². The van der Waals surface area contributed by atoms with Crippen molar-refractivity contribution in [2.45, 2.75) is 26.8 Å². The van der Waals surface area contributed by atoms with Gasteiger partial charge in [-0.1, -0.05) is 17.7 Å². The largest absolute Gasteiger partial charge is 0.491 e. The second-order valence-electron chi connectivity index (χ2n) is 4.89. The molecule has 0 aromatic heterocycles. The van der Waals surface area contributed by atoms with Crippen LogP contribution in [0.1, 0.15) is 16.7 Å². The van der Waals surface area contributed by atoms with Crippen molar-refractivity contribution in [3.63, 3.8) is 0 Å². The van der Waals surface area contributed by atoms with Crippen LogP contribution in [0.25, 0.3) is 0 Å². The fourth-order valence-corrected chi connectivity index (χ4v) is 2.00. The van der Waals surface area contributed by atoms with Crippen molar-refractivity contribution in [2.24, 2.45) is 5.73 Å². The number of nitrogens with two attached hydrogens (primary N) is 1. The molecule has 0 aliphatic rings. The maximum absolute atomic E-state index is 5.92. The Morgan fingerprint density at radius 1 is 1.18 bits per heavy atom. The van der Waals surface area contributed by atoms with Gasteiger partial charge in [-0.25, -0.2) is 0 Å². The topological polar surface area (TPSA) is 38.5 Å². The van der Waals surface area contributed by atoms with Gasteiger partial charge >= 0.3 is 0 Å². The first-order valence-corrected chi connectivity index (χ1v) is 6.02. The number of rotatable bonds is 5. The van der Waals surface area contributed by atoms with Crippen LogP contribution in [0.15, 0.2) is 12.1 Å². The van der Waals surface area contributed by atoms with E-state index >= 15 is 0 Å². The summed E-state index contributed by atoms with van der Waals surface area (Å²) in [4.78, 5) is 2.10. The zero-order chi connectivity index (χ0) is 13.0. The van der Waals surface area contributed by atoms with Crippen molar-refractivity contribution < 1.29 is 4.74 Å². The van der Waals surface area contributed by atoms with E-state index in [4.69, 9.17) is 10.5 Å². The maximum atomic E-state index is 5.92. The van der Waals surface area contributed by atoms with E-state index < -0.39 is 0 Å². The van der Waals surface area contributed by atoms with E-state index in [0.717, 1.165) is 5.75 Å². The van der Waals surface area contributed by atoms with Crippen LogP contribution in [-0.4, -0.2) is 38.2 Å². The normalized spacial score (nSPS) is 12.9. The van der Waals surface area contributed by atoms with E-state index in [1.807, 2.05) is 14.1 Å². The number of nitrogens with zero attached hydrogens (tertiary/aromatic N) is 1. The Balaban J connectivity index is 2.75. The molecular formula is C14H24N2O. The van der Waals surface area contributed by atoms with Crippen LogP contribution in [0, 0.1) is 20.8 Å². The molecule has 17 heavy (non-hydrogen) atoms. The zero-order valence-corrected chi connectivity index (χ0v) is 11.6. The van der Waals surface area contributed by atoms with Crippen LogP contribution in [0.4, 0.5) is 0 Å². The number of ether oxygens (including phenoxy) is 1. The van der Waals surface area contributed by atoms with Crippen LogP contribution < -0.4 is 10.5 Å². The van der Waals surface area contributed by atoms with E-state index in [1.165, 1.54) is 16.7 Å². The summed E-state index contributed by atoms with van der Waals surface area (Å²) in [5.41, 5.74) is 9.37. The predicted molar refractivity (Wildman–Crippen MR) is 72.7 cm³/mol. The Morgan fingerprint density at radius 3 is 2.12 bits per heavy atom. The molecule has 0 bridgehead atoms. The molecule has 3 nitrogen and oxygen atoms in total. The Bertz CT molecular complexity index is 351. The van der Waals surface area contributed by atoms with Crippen LogP contribution in [0.5, 0.6) is 5.75 Å². The summed E-state index contributed by atoms with van der Waals surface area (Å²) in [6, 6.07) is 4.56. The minimum absolute atomic E-state index is 0.259. The summed E-state index contributed by atoms with van der Waals surface area (Å²) in [6.45, 7) is 7.52. The molecule has 0 saturated carbocycles. The summed E-state index contributed by atoms with van der Waals surface area (Å²) in [5, 5.41) is 0. The highest BCUT2D eigenvalue weighted by atomic mass is 16.5. The van der Waals surface area contributed by atoms with Gasteiger partial charge in [0.2, 0.25) is 0 Å². The molecule has 1 aromatic rings. The first-order valence-electron chi connectivity index (χ1n) is 6.02. The highest BCUT2D eigenvalue weighted by molar-refractivity contribution is 5.42. The number of hydrogen-bond acceptors (Lipinski definition) is 3. The lowest BCUT2D eigenvalue weighted by Gasteiger charge is -2.24. The first kappa shape index (κ1) is 14.0. The van der Waals surface area contributed by atoms with Crippen LogP contribution in [0.3, 0.4) is 0 Å². The van der Waals surface area contributed by atoms with Gasteiger partial charge in [-0.3, -0.25) is 0 Å².